The summed E-state index contributed by atoms with van der Waals surface area (Å²) in [6, 6.07) is 8.32. The smallest absolute Gasteiger partial charge is 0.260 e. The first-order chi connectivity index (χ1) is 13.6. The molecule has 3 aromatic heterocycles. The van der Waals surface area contributed by atoms with E-state index in [2.05, 4.69) is 52.6 Å². The number of aryl methyl sites for hydroxylation is 3. The van der Waals surface area contributed by atoms with Crippen LogP contribution in [-0.4, -0.2) is 19.5 Å². The van der Waals surface area contributed by atoms with Crippen molar-refractivity contribution in [3.63, 3.8) is 0 Å². The molecule has 0 unspecified atom stereocenters. The van der Waals surface area contributed by atoms with Crippen LogP contribution in [0.25, 0.3) is 21.3 Å². The summed E-state index contributed by atoms with van der Waals surface area (Å²) < 4.78 is 2.14. The van der Waals surface area contributed by atoms with Crippen LogP contribution in [0.3, 0.4) is 0 Å². The summed E-state index contributed by atoms with van der Waals surface area (Å²) in [5.74, 6) is 0.694. The zero-order valence-corrected chi connectivity index (χ0v) is 16.9. The number of aromatic nitrogens is 4. The van der Waals surface area contributed by atoms with Crippen molar-refractivity contribution in [1.29, 1.82) is 0 Å². The number of thiophene rings is 1. The fourth-order valence-corrected chi connectivity index (χ4v) is 5.20. The minimum atomic E-state index is -0.0612. The molecular weight excluding hydrogens is 368 g/mol. The molecule has 5 rings (SSSR count). The van der Waals surface area contributed by atoms with E-state index < -0.39 is 0 Å². The van der Waals surface area contributed by atoms with Crippen LogP contribution in [0.15, 0.2) is 35.4 Å². The van der Waals surface area contributed by atoms with E-state index in [1.54, 1.807) is 11.3 Å². The van der Waals surface area contributed by atoms with Crippen LogP contribution in [0, 0.1) is 13.8 Å². The van der Waals surface area contributed by atoms with Gasteiger partial charge in [-0.2, -0.15) is 0 Å². The lowest BCUT2D eigenvalue weighted by atomic mass is 10.0. The molecule has 0 aliphatic heterocycles. The summed E-state index contributed by atoms with van der Waals surface area (Å²) in [5.41, 5.74) is 5.70. The SMILES string of the molecule is Cc1ccc(-c2c(C)sc3nc(Cn4cnc5c4CCCC5)[nH]c(=O)c23)cc1. The highest BCUT2D eigenvalue weighted by atomic mass is 32.1. The average molecular weight is 391 g/mol. The van der Waals surface area contributed by atoms with Crippen LogP contribution < -0.4 is 5.56 Å². The van der Waals surface area contributed by atoms with Crippen molar-refractivity contribution in [2.45, 2.75) is 46.1 Å². The minimum absolute atomic E-state index is 0.0612. The van der Waals surface area contributed by atoms with Gasteiger partial charge in [0, 0.05) is 16.1 Å². The lowest BCUT2D eigenvalue weighted by Gasteiger charge is -2.13. The van der Waals surface area contributed by atoms with Crippen LogP contribution in [0.1, 0.15) is 40.5 Å². The zero-order valence-electron chi connectivity index (χ0n) is 16.1. The van der Waals surface area contributed by atoms with Crippen LogP contribution >= 0.6 is 11.3 Å². The van der Waals surface area contributed by atoms with Gasteiger partial charge in [0.05, 0.1) is 24.0 Å². The van der Waals surface area contributed by atoms with E-state index in [0.29, 0.717) is 17.8 Å². The summed E-state index contributed by atoms with van der Waals surface area (Å²) in [5, 5.41) is 0.697. The number of nitrogens with zero attached hydrogens (tertiary/aromatic N) is 3. The topological polar surface area (TPSA) is 63.6 Å². The van der Waals surface area contributed by atoms with Gasteiger partial charge in [0.2, 0.25) is 0 Å². The fraction of sp³-hybridized carbons (Fsp3) is 0.318. The monoisotopic (exact) mass is 390 g/mol. The van der Waals surface area contributed by atoms with E-state index in [-0.39, 0.29) is 5.56 Å². The van der Waals surface area contributed by atoms with Crippen LogP contribution in [0.2, 0.25) is 0 Å². The summed E-state index contributed by atoms with van der Waals surface area (Å²) in [4.78, 5) is 27.3. The first-order valence-corrected chi connectivity index (χ1v) is 10.5. The molecular formula is C22H22N4OS. The van der Waals surface area contributed by atoms with Gasteiger partial charge in [-0.25, -0.2) is 9.97 Å². The van der Waals surface area contributed by atoms with Gasteiger partial charge in [-0.15, -0.1) is 11.3 Å². The summed E-state index contributed by atoms with van der Waals surface area (Å²) in [6.07, 6.45) is 6.40. The predicted molar refractivity (Wildman–Crippen MR) is 113 cm³/mol. The Morgan fingerprint density at radius 2 is 1.93 bits per heavy atom. The van der Waals surface area contributed by atoms with Crippen LogP contribution in [0.4, 0.5) is 0 Å². The highest BCUT2D eigenvalue weighted by molar-refractivity contribution is 7.19. The van der Waals surface area contributed by atoms with Gasteiger partial charge in [-0.05, 0) is 45.1 Å². The summed E-state index contributed by atoms with van der Waals surface area (Å²) in [7, 11) is 0. The van der Waals surface area contributed by atoms with Crippen molar-refractivity contribution in [2.24, 2.45) is 0 Å². The van der Waals surface area contributed by atoms with Gasteiger partial charge >= 0.3 is 0 Å². The van der Waals surface area contributed by atoms with Gasteiger partial charge in [-0.3, -0.25) is 4.79 Å². The Morgan fingerprint density at radius 3 is 2.75 bits per heavy atom. The number of hydrogen-bond donors (Lipinski definition) is 1. The summed E-state index contributed by atoms with van der Waals surface area (Å²) in [6.45, 7) is 4.69. The lowest BCUT2D eigenvalue weighted by Crippen LogP contribution is -2.15. The first-order valence-electron chi connectivity index (χ1n) is 9.72. The van der Waals surface area contributed by atoms with Crippen molar-refractivity contribution in [3.8, 4) is 11.1 Å². The number of imidazole rings is 1. The number of hydrogen-bond acceptors (Lipinski definition) is 4. The Labute approximate surface area is 167 Å². The zero-order chi connectivity index (χ0) is 19.3. The van der Waals surface area contributed by atoms with Gasteiger partial charge < -0.3 is 9.55 Å². The number of fused-ring (bicyclic) bond motifs is 2. The second-order valence-corrected chi connectivity index (χ2v) is 8.77. The van der Waals surface area contributed by atoms with Gasteiger partial charge in [0.15, 0.2) is 0 Å². The molecule has 1 N–H and O–H groups in total. The highest BCUT2D eigenvalue weighted by Crippen LogP contribution is 2.35. The molecule has 0 fully saturated rings. The molecule has 3 heterocycles. The Balaban J connectivity index is 1.58. The molecule has 4 aromatic rings. The van der Waals surface area contributed by atoms with E-state index in [1.165, 1.54) is 29.8 Å². The number of benzene rings is 1. The number of aromatic amines is 1. The molecule has 1 aromatic carbocycles. The third-order valence-electron chi connectivity index (χ3n) is 5.56. The molecule has 6 heteroatoms. The second kappa shape index (κ2) is 6.71. The van der Waals surface area contributed by atoms with Crippen LogP contribution in [-0.2, 0) is 19.4 Å². The van der Waals surface area contributed by atoms with Crippen molar-refractivity contribution in [1.82, 2.24) is 19.5 Å². The van der Waals surface area contributed by atoms with E-state index in [0.717, 1.165) is 33.7 Å². The highest BCUT2D eigenvalue weighted by Gasteiger charge is 2.19. The maximum absolute atomic E-state index is 13.0. The standard InChI is InChI=1S/C22H22N4OS/c1-13-7-9-15(10-8-13)19-14(2)28-22-20(19)21(27)24-18(25-22)11-26-12-23-16-5-3-4-6-17(16)26/h7-10,12H,3-6,11H2,1-2H3,(H,24,25,27). The third-order valence-corrected chi connectivity index (χ3v) is 6.56. The molecule has 0 saturated heterocycles. The molecule has 0 bridgehead atoms. The Morgan fingerprint density at radius 1 is 1.14 bits per heavy atom. The largest absolute Gasteiger partial charge is 0.327 e. The maximum Gasteiger partial charge on any atom is 0.260 e. The number of nitrogens with one attached hydrogen (secondary N) is 1. The van der Waals surface area contributed by atoms with Crippen molar-refractivity contribution < 1.29 is 0 Å². The van der Waals surface area contributed by atoms with Crippen LogP contribution in [0.5, 0.6) is 0 Å². The Kier molecular flexibility index (Phi) is 4.16. The molecule has 1 aliphatic rings. The normalized spacial score (nSPS) is 13.8. The van der Waals surface area contributed by atoms with Crippen molar-refractivity contribution in [3.05, 3.63) is 68.6 Å². The van der Waals surface area contributed by atoms with Gasteiger partial charge in [-0.1, -0.05) is 29.8 Å². The average Bonchev–Trinajstić information content (AvgIpc) is 3.23. The maximum atomic E-state index is 13.0. The molecule has 0 saturated carbocycles. The molecule has 0 spiro atoms. The molecule has 0 radical (unpaired) electrons. The molecule has 28 heavy (non-hydrogen) atoms. The lowest BCUT2D eigenvalue weighted by molar-refractivity contribution is 0.620. The Bertz CT molecular complexity index is 1230. The van der Waals surface area contributed by atoms with Gasteiger partial charge in [0.1, 0.15) is 10.7 Å². The van der Waals surface area contributed by atoms with E-state index in [1.807, 2.05) is 6.33 Å². The fourth-order valence-electron chi connectivity index (χ4n) is 4.13. The molecule has 0 atom stereocenters. The first kappa shape index (κ1) is 17.4. The molecule has 142 valence electrons. The van der Waals surface area contributed by atoms with E-state index >= 15 is 0 Å². The number of H-pyrrole nitrogens is 1. The molecule has 1 aliphatic carbocycles. The quantitative estimate of drug-likeness (QED) is 0.564. The predicted octanol–water partition coefficient (Wildman–Crippen LogP) is 4.39. The Hall–Kier alpha value is -2.73. The third kappa shape index (κ3) is 2.88. The van der Waals surface area contributed by atoms with E-state index in [9.17, 15) is 4.79 Å². The van der Waals surface area contributed by atoms with Crippen molar-refractivity contribution in [2.75, 3.05) is 0 Å². The molecule has 5 nitrogen and oxygen atoms in total. The molecule has 0 amide bonds. The second-order valence-electron chi connectivity index (χ2n) is 7.57. The minimum Gasteiger partial charge on any atom is -0.327 e. The van der Waals surface area contributed by atoms with Crippen molar-refractivity contribution >= 4 is 21.6 Å². The van der Waals surface area contributed by atoms with Gasteiger partial charge in [0.25, 0.3) is 5.56 Å². The summed E-state index contributed by atoms with van der Waals surface area (Å²) >= 11 is 1.59. The number of rotatable bonds is 3. The van der Waals surface area contributed by atoms with E-state index in [4.69, 9.17) is 4.98 Å².